The van der Waals surface area contributed by atoms with Gasteiger partial charge in [0.15, 0.2) is 22.2 Å². The average Bonchev–Trinajstić information content (AvgIpc) is 2.80. The molecule has 1 heterocycles. The van der Waals surface area contributed by atoms with E-state index in [0.717, 1.165) is 0 Å². The number of benzene rings is 2. The molecule has 0 saturated carbocycles. The van der Waals surface area contributed by atoms with Gasteiger partial charge in [0.1, 0.15) is 22.5 Å². The topological polar surface area (TPSA) is 119 Å². The molecule has 2 amide bonds. The Balaban J connectivity index is 1.72. The minimum atomic E-state index is -4.11. The van der Waals surface area contributed by atoms with Crippen LogP contribution in [-0.2, 0) is 19.4 Å². The number of fused-ring (bicyclic) bond motifs is 1. The lowest BCUT2D eigenvalue weighted by atomic mass is 10.1. The first kappa shape index (κ1) is 25.0. The number of ether oxygens (including phenoxy) is 2. The molecule has 180 valence electrons. The average molecular weight is 487 g/mol. The van der Waals surface area contributed by atoms with Crippen molar-refractivity contribution < 1.29 is 32.3 Å². The van der Waals surface area contributed by atoms with Crippen molar-refractivity contribution >= 4 is 38.8 Å². The predicted molar refractivity (Wildman–Crippen MR) is 128 cm³/mol. The number of hydrogen-bond donors (Lipinski definition) is 1. The Hall–Kier alpha value is -3.66. The molecule has 1 aliphatic heterocycles. The van der Waals surface area contributed by atoms with Crippen molar-refractivity contribution in [2.24, 2.45) is 0 Å². The molecule has 1 unspecified atom stereocenters. The van der Waals surface area contributed by atoms with E-state index in [-0.39, 0.29) is 24.6 Å². The Labute approximate surface area is 198 Å². The van der Waals surface area contributed by atoms with Crippen molar-refractivity contribution in [2.75, 3.05) is 35.7 Å². The van der Waals surface area contributed by atoms with Gasteiger partial charge in [-0.1, -0.05) is 6.08 Å². The highest BCUT2D eigenvalue weighted by molar-refractivity contribution is 7.93. The summed E-state index contributed by atoms with van der Waals surface area (Å²) in [6.07, 6.45) is 1.54. The van der Waals surface area contributed by atoms with E-state index in [0.29, 0.717) is 29.5 Å². The van der Waals surface area contributed by atoms with E-state index in [4.69, 9.17) is 9.47 Å². The van der Waals surface area contributed by atoms with Crippen LogP contribution in [0.2, 0.25) is 0 Å². The highest BCUT2D eigenvalue weighted by Gasteiger charge is 2.32. The maximum Gasteiger partial charge on any atom is 0.265 e. The molecule has 34 heavy (non-hydrogen) atoms. The lowest BCUT2D eigenvalue weighted by Crippen LogP contribution is -2.39. The van der Waals surface area contributed by atoms with Gasteiger partial charge in [0.25, 0.3) is 5.91 Å². The van der Waals surface area contributed by atoms with Crippen molar-refractivity contribution in [1.29, 1.82) is 0 Å². The summed E-state index contributed by atoms with van der Waals surface area (Å²) < 4.78 is 36.3. The van der Waals surface area contributed by atoms with Crippen LogP contribution in [0.1, 0.15) is 24.2 Å². The molecule has 1 aliphatic rings. The molecule has 0 aliphatic carbocycles. The van der Waals surface area contributed by atoms with E-state index in [2.05, 4.69) is 11.9 Å². The lowest BCUT2D eigenvalue weighted by molar-refractivity contribution is -0.121. The quantitative estimate of drug-likeness (QED) is 0.405. The third-order valence-electron chi connectivity index (χ3n) is 5.19. The van der Waals surface area contributed by atoms with Crippen molar-refractivity contribution in [1.82, 2.24) is 0 Å². The molecular formula is C24H26N2O7S. The molecule has 2 aromatic rings. The van der Waals surface area contributed by atoms with Gasteiger partial charge in [0.2, 0.25) is 5.91 Å². The first-order valence-corrected chi connectivity index (χ1v) is 12.3. The summed E-state index contributed by atoms with van der Waals surface area (Å²) in [6.45, 7) is 7.28. The molecule has 0 radical (unpaired) electrons. The molecule has 10 heteroatoms. The van der Waals surface area contributed by atoms with Crippen molar-refractivity contribution in [2.45, 2.75) is 19.1 Å². The second-order valence-corrected chi connectivity index (χ2v) is 9.90. The zero-order chi connectivity index (χ0) is 24.9. The van der Waals surface area contributed by atoms with Gasteiger partial charge in [-0.05, 0) is 56.3 Å². The first-order chi connectivity index (χ1) is 16.2. The molecule has 0 saturated heterocycles. The van der Waals surface area contributed by atoms with Crippen molar-refractivity contribution in [3.05, 3.63) is 60.7 Å². The van der Waals surface area contributed by atoms with Crippen LogP contribution in [0, 0.1) is 0 Å². The lowest BCUT2D eigenvalue weighted by Gasteiger charge is -2.29. The molecule has 2 aromatic carbocycles. The van der Waals surface area contributed by atoms with Crippen LogP contribution in [0.15, 0.2) is 55.1 Å². The second kappa shape index (κ2) is 10.5. The molecule has 0 fully saturated rings. The smallest absolute Gasteiger partial charge is 0.265 e. The third kappa shape index (κ3) is 5.63. The highest BCUT2D eigenvalue weighted by Crippen LogP contribution is 2.33. The van der Waals surface area contributed by atoms with E-state index in [1.54, 1.807) is 24.3 Å². The van der Waals surface area contributed by atoms with Gasteiger partial charge in [-0.15, -0.1) is 6.58 Å². The van der Waals surface area contributed by atoms with Gasteiger partial charge in [-0.3, -0.25) is 14.4 Å². The van der Waals surface area contributed by atoms with Gasteiger partial charge in [-0.2, -0.15) is 0 Å². The summed E-state index contributed by atoms with van der Waals surface area (Å²) in [4.78, 5) is 38.9. The van der Waals surface area contributed by atoms with Gasteiger partial charge in [-0.25, -0.2) is 8.42 Å². The summed E-state index contributed by atoms with van der Waals surface area (Å²) >= 11 is 0. The minimum Gasteiger partial charge on any atom is -0.494 e. The number of Topliss-reactive ketones (excluding diaryl/α,β-unsaturated/α-hetero) is 1. The summed E-state index contributed by atoms with van der Waals surface area (Å²) in [5.74, 6) is -1.58. The molecule has 0 bridgehead atoms. The van der Waals surface area contributed by atoms with E-state index in [1.807, 2.05) is 6.92 Å². The van der Waals surface area contributed by atoms with Crippen LogP contribution in [0.25, 0.3) is 0 Å². The number of nitrogens with one attached hydrogen (secondary N) is 1. The zero-order valence-electron chi connectivity index (χ0n) is 18.9. The normalized spacial score (nSPS) is 13.9. The minimum absolute atomic E-state index is 0.0918. The van der Waals surface area contributed by atoms with Crippen LogP contribution in [0.4, 0.5) is 11.4 Å². The Morgan fingerprint density at radius 2 is 1.94 bits per heavy atom. The summed E-state index contributed by atoms with van der Waals surface area (Å²) in [5.41, 5.74) is 0.859. The monoisotopic (exact) mass is 486 g/mol. The second-order valence-electron chi connectivity index (χ2n) is 7.58. The van der Waals surface area contributed by atoms with Crippen LogP contribution in [0.3, 0.4) is 0 Å². The fourth-order valence-corrected chi connectivity index (χ4v) is 4.54. The maximum atomic E-state index is 13.0. The fourth-order valence-electron chi connectivity index (χ4n) is 3.39. The Morgan fingerprint density at radius 3 is 2.59 bits per heavy atom. The Morgan fingerprint density at radius 1 is 1.24 bits per heavy atom. The Bertz CT molecular complexity index is 1210. The summed E-state index contributed by atoms with van der Waals surface area (Å²) in [6, 6.07) is 10.9. The molecule has 9 nitrogen and oxygen atoms in total. The number of ketones is 1. The summed E-state index contributed by atoms with van der Waals surface area (Å²) in [5, 5.41) is 1.04. The molecular weight excluding hydrogens is 460 g/mol. The largest absolute Gasteiger partial charge is 0.494 e. The standard InChI is InChI=1S/C24H26N2O7S/c1-4-12-26-20-13-17(6-11-21(20)33-14-23(26)28)24(29)16(3)34(30,31)15-22(27)25-18-7-9-19(10-8-18)32-5-2/h4,6-11,13,16H,1,5,12,14-15H2,2-3H3,(H,25,27). The number of nitrogens with zero attached hydrogens (tertiary/aromatic N) is 1. The number of rotatable bonds is 10. The summed E-state index contributed by atoms with van der Waals surface area (Å²) in [7, 11) is -4.11. The number of carbonyl (C=O) groups is 3. The zero-order valence-corrected chi connectivity index (χ0v) is 19.8. The fraction of sp³-hybridized carbons (Fsp3) is 0.292. The van der Waals surface area contributed by atoms with Crippen LogP contribution in [0.5, 0.6) is 11.5 Å². The maximum absolute atomic E-state index is 13.0. The van der Waals surface area contributed by atoms with Crippen LogP contribution in [-0.4, -0.2) is 56.8 Å². The van der Waals surface area contributed by atoms with E-state index in [9.17, 15) is 22.8 Å². The highest BCUT2D eigenvalue weighted by atomic mass is 32.2. The molecule has 1 N–H and O–H groups in total. The molecule has 0 aromatic heterocycles. The van der Waals surface area contributed by atoms with E-state index in [1.165, 1.54) is 36.1 Å². The SMILES string of the molecule is C=CCN1C(=O)COc2ccc(C(=O)C(C)S(=O)(=O)CC(=O)Nc3ccc(OCC)cc3)cc21. The predicted octanol–water partition coefficient (Wildman–Crippen LogP) is 2.62. The number of sulfone groups is 1. The molecule has 0 spiro atoms. The van der Waals surface area contributed by atoms with Gasteiger partial charge in [0, 0.05) is 17.8 Å². The van der Waals surface area contributed by atoms with Gasteiger partial charge >= 0.3 is 0 Å². The first-order valence-electron chi connectivity index (χ1n) is 10.6. The Kier molecular flexibility index (Phi) is 7.72. The van der Waals surface area contributed by atoms with Gasteiger partial charge < -0.3 is 19.7 Å². The van der Waals surface area contributed by atoms with Crippen LogP contribution < -0.4 is 19.7 Å². The van der Waals surface area contributed by atoms with Crippen molar-refractivity contribution in [3.8, 4) is 11.5 Å². The number of anilines is 2. The van der Waals surface area contributed by atoms with E-state index >= 15 is 0 Å². The van der Waals surface area contributed by atoms with Crippen LogP contribution >= 0.6 is 0 Å². The van der Waals surface area contributed by atoms with E-state index < -0.39 is 32.5 Å². The number of amides is 2. The number of carbonyl (C=O) groups excluding carboxylic acids is 3. The molecule has 3 rings (SSSR count). The third-order valence-corrected chi connectivity index (χ3v) is 7.14. The number of hydrogen-bond acceptors (Lipinski definition) is 7. The molecule has 1 atom stereocenters. The van der Waals surface area contributed by atoms with Crippen molar-refractivity contribution in [3.63, 3.8) is 0 Å². The van der Waals surface area contributed by atoms with Gasteiger partial charge in [0.05, 0.1) is 12.3 Å².